The van der Waals surface area contributed by atoms with E-state index in [1.54, 1.807) is 61.7 Å². The number of rotatable bonds is 6. The van der Waals surface area contributed by atoms with Gasteiger partial charge in [-0.2, -0.15) is 0 Å². The van der Waals surface area contributed by atoms with Crippen LogP contribution in [0.2, 0.25) is 5.02 Å². The Morgan fingerprint density at radius 1 is 1.04 bits per heavy atom. The largest absolute Gasteiger partial charge is 0.495 e. The summed E-state index contributed by atoms with van der Waals surface area (Å²) < 4.78 is 5.29. The number of hydrogen-bond acceptors (Lipinski definition) is 5. The number of ketones is 1. The van der Waals surface area contributed by atoms with Crippen molar-refractivity contribution in [2.75, 3.05) is 17.7 Å². The van der Waals surface area contributed by atoms with Crippen LogP contribution < -0.4 is 15.4 Å². The SMILES string of the molecule is COc1ccc(Cl)cc1Nc1ccc(C(=O)Nc2cccc(C(C)=O)c2)cn1. The van der Waals surface area contributed by atoms with Gasteiger partial charge in [-0.3, -0.25) is 9.59 Å². The van der Waals surface area contributed by atoms with Crippen LogP contribution in [0.3, 0.4) is 0 Å². The highest BCUT2D eigenvalue weighted by Gasteiger charge is 2.10. The van der Waals surface area contributed by atoms with Crippen molar-refractivity contribution in [2.24, 2.45) is 0 Å². The molecule has 1 heterocycles. The zero-order valence-electron chi connectivity index (χ0n) is 15.3. The van der Waals surface area contributed by atoms with Gasteiger partial charge >= 0.3 is 0 Å². The van der Waals surface area contributed by atoms with Gasteiger partial charge < -0.3 is 15.4 Å². The Hall–Kier alpha value is -3.38. The highest BCUT2D eigenvalue weighted by Crippen LogP contribution is 2.29. The number of ether oxygens (including phenoxy) is 1. The van der Waals surface area contributed by atoms with Crippen molar-refractivity contribution in [2.45, 2.75) is 6.92 Å². The first-order valence-electron chi connectivity index (χ1n) is 8.45. The van der Waals surface area contributed by atoms with Crippen molar-refractivity contribution in [1.29, 1.82) is 0 Å². The number of nitrogens with zero attached hydrogens (tertiary/aromatic N) is 1. The van der Waals surface area contributed by atoms with Crippen LogP contribution >= 0.6 is 11.6 Å². The second-order valence-electron chi connectivity index (χ2n) is 5.99. The van der Waals surface area contributed by atoms with Gasteiger partial charge in [0.25, 0.3) is 5.91 Å². The van der Waals surface area contributed by atoms with Gasteiger partial charge in [-0.1, -0.05) is 23.7 Å². The van der Waals surface area contributed by atoms with Crippen LogP contribution in [-0.2, 0) is 0 Å². The number of nitrogens with one attached hydrogen (secondary N) is 2. The highest BCUT2D eigenvalue weighted by atomic mass is 35.5. The number of methoxy groups -OCH3 is 1. The summed E-state index contributed by atoms with van der Waals surface area (Å²) in [7, 11) is 1.57. The Kier molecular flexibility index (Phi) is 5.91. The maximum atomic E-state index is 12.4. The van der Waals surface area contributed by atoms with Crippen LogP contribution in [-0.4, -0.2) is 23.8 Å². The van der Waals surface area contributed by atoms with E-state index in [4.69, 9.17) is 16.3 Å². The number of pyridine rings is 1. The number of carbonyl (C=O) groups excluding carboxylic acids is 2. The summed E-state index contributed by atoms with van der Waals surface area (Å²) in [6.45, 7) is 1.48. The van der Waals surface area contributed by atoms with Gasteiger partial charge in [0.1, 0.15) is 11.6 Å². The summed E-state index contributed by atoms with van der Waals surface area (Å²) in [5.74, 6) is 0.777. The lowest BCUT2D eigenvalue weighted by atomic mass is 10.1. The third kappa shape index (κ3) is 4.66. The Balaban J connectivity index is 1.72. The molecule has 0 aliphatic rings. The quantitative estimate of drug-likeness (QED) is 0.577. The minimum Gasteiger partial charge on any atom is -0.495 e. The fraction of sp³-hybridized carbons (Fsp3) is 0.0952. The molecule has 0 aliphatic heterocycles. The van der Waals surface area contributed by atoms with Gasteiger partial charge in [0.15, 0.2) is 5.78 Å². The molecule has 0 radical (unpaired) electrons. The van der Waals surface area contributed by atoms with Crippen molar-refractivity contribution in [3.8, 4) is 5.75 Å². The lowest BCUT2D eigenvalue weighted by molar-refractivity contribution is 0.101. The van der Waals surface area contributed by atoms with Crippen LogP contribution in [0.25, 0.3) is 0 Å². The van der Waals surface area contributed by atoms with E-state index in [9.17, 15) is 9.59 Å². The van der Waals surface area contributed by atoms with Crippen LogP contribution in [0.1, 0.15) is 27.6 Å². The molecule has 28 heavy (non-hydrogen) atoms. The molecule has 0 atom stereocenters. The standard InChI is InChI=1S/C21H18ClN3O3/c1-13(26)14-4-3-5-17(10-14)24-21(27)15-6-9-20(23-12-15)25-18-11-16(22)7-8-19(18)28-2/h3-12H,1-2H3,(H,23,25)(H,24,27). The number of hydrogen-bond donors (Lipinski definition) is 2. The minimum absolute atomic E-state index is 0.0652. The van der Waals surface area contributed by atoms with E-state index in [2.05, 4.69) is 15.6 Å². The first kappa shape index (κ1) is 19.4. The molecule has 7 heteroatoms. The zero-order chi connectivity index (χ0) is 20.1. The summed E-state index contributed by atoms with van der Waals surface area (Å²) in [4.78, 5) is 28.1. The van der Waals surface area contributed by atoms with Crippen LogP contribution in [0.15, 0.2) is 60.8 Å². The summed E-state index contributed by atoms with van der Waals surface area (Å²) >= 11 is 6.02. The fourth-order valence-electron chi connectivity index (χ4n) is 2.54. The Morgan fingerprint density at radius 2 is 1.86 bits per heavy atom. The van der Waals surface area contributed by atoms with Gasteiger partial charge in [-0.15, -0.1) is 0 Å². The van der Waals surface area contributed by atoms with Gasteiger partial charge in [0, 0.05) is 22.5 Å². The Labute approximate surface area is 167 Å². The van der Waals surface area contributed by atoms with Crippen molar-refractivity contribution in [3.63, 3.8) is 0 Å². The Bertz CT molecular complexity index is 1020. The normalized spacial score (nSPS) is 10.2. The molecule has 0 bridgehead atoms. The van der Waals surface area contributed by atoms with E-state index in [0.29, 0.717) is 39.1 Å². The highest BCUT2D eigenvalue weighted by molar-refractivity contribution is 6.31. The lowest BCUT2D eigenvalue weighted by Gasteiger charge is -2.11. The number of amides is 1. The first-order valence-corrected chi connectivity index (χ1v) is 8.83. The average molecular weight is 396 g/mol. The predicted molar refractivity (Wildman–Crippen MR) is 110 cm³/mol. The molecular weight excluding hydrogens is 378 g/mol. The average Bonchev–Trinajstić information content (AvgIpc) is 2.69. The maximum absolute atomic E-state index is 12.4. The molecular formula is C21H18ClN3O3. The number of benzene rings is 2. The summed E-state index contributed by atoms with van der Waals surface area (Å²) in [5.41, 5.74) is 2.13. The van der Waals surface area contributed by atoms with Gasteiger partial charge in [0.05, 0.1) is 18.4 Å². The molecule has 2 N–H and O–H groups in total. The van der Waals surface area contributed by atoms with Crippen LogP contribution in [0.5, 0.6) is 5.75 Å². The molecule has 2 aromatic carbocycles. The van der Waals surface area contributed by atoms with E-state index in [-0.39, 0.29) is 11.7 Å². The van der Waals surface area contributed by atoms with Crippen molar-refractivity contribution < 1.29 is 14.3 Å². The van der Waals surface area contributed by atoms with Crippen LogP contribution in [0, 0.1) is 0 Å². The van der Waals surface area contributed by atoms with E-state index < -0.39 is 0 Å². The third-order valence-corrected chi connectivity index (χ3v) is 4.21. The van der Waals surface area contributed by atoms with E-state index >= 15 is 0 Å². The molecule has 3 rings (SSSR count). The molecule has 6 nitrogen and oxygen atoms in total. The van der Waals surface area contributed by atoms with Crippen molar-refractivity contribution in [3.05, 3.63) is 76.9 Å². The topological polar surface area (TPSA) is 80.3 Å². The number of halogens is 1. The molecule has 0 spiro atoms. The molecule has 142 valence electrons. The number of Topliss-reactive ketones (excluding diaryl/α,β-unsaturated/α-hetero) is 1. The monoisotopic (exact) mass is 395 g/mol. The molecule has 0 saturated heterocycles. The van der Waals surface area contributed by atoms with Crippen molar-refractivity contribution >= 4 is 40.5 Å². The Morgan fingerprint density at radius 3 is 2.54 bits per heavy atom. The second kappa shape index (κ2) is 8.54. The number of anilines is 3. The number of carbonyl (C=O) groups is 2. The van der Waals surface area contributed by atoms with E-state index in [1.807, 2.05) is 0 Å². The first-order chi connectivity index (χ1) is 13.5. The van der Waals surface area contributed by atoms with Crippen molar-refractivity contribution in [1.82, 2.24) is 4.98 Å². The van der Waals surface area contributed by atoms with Crippen LogP contribution in [0.4, 0.5) is 17.2 Å². The smallest absolute Gasteiger partial charge is 0.257 e. The second-order valence-corrected chi connectivity index (χ2v) is 6.43. The van der Waals surface area contributed by atoms with Gasteiger partial charge in [-0.05, 0) is 49.4 Å². The zero-order valence-corrected chi connectivity index (χ0v) is 16.1. The number of aromatic nitrogens is 1. The fourth-order valence-corrected chi connectivity index (χ4v) is 2.71. The molecule has 0 aliphatic carbocycles. The third-order valence-electron chi connectivity index (χ3n) is 3.98. The summed E-state index contributed by atoms with van der Waals surface area (Å²) in [6.07, 6.45) is 1.46. The molecule has 1 amide bonds. The maximum Gasteiger partial charge on any atom is 0.257 e. The van der Waals surface area contributed by atoms with Gasteiger partial charge in [0.2, 0.25) is 0 Å². The lowest BCUT2D eigenvalue weighted by Crippen LogP contribution is -2.12. The van der Waals surface area contributed by atoms with E-state index in [0.717, 1.165) is 0 Å². The summed E-state index contributed by atoms with van der Waals surface area (Å²) in [6, 6.07) is 15.3. The molecule has 0 unspecified atom stereocenters. The molecule has 0 fully saturated rings. The van der Waals surface area contributed by atoms with E-state index in [1.165, 1.54) is 13.1 Å². The van der Waals surface area contributed by atoms with Gasteiger partial charge in [-0.25, -0.2) is 4.98 Å². The molecule has 3 aromatic rings. The minimum atomic E-state index is -0.319. The summed E-state index contributed by atoms with van der Waals surface area (Å²) in [5, 5.41) is 6.43. The molecule has 1 aromatic heterocycles. The predicted octanol–water partition coefficient (Wildman–Crippen LogP) is 4.94. The molecule has 0 saturated carbocycles.